The zero-order chi connectivity index (χ0) is 15.6. The van der Waals surface area contributed by atoms with Crippen molar-refractivity contribution < 1.29 is 36.3 Å². The highest BCUT2D eigenvalue weighted by molar-refractivity contribution is 5.89. The zero-order valence-corrected chi connectivity index (χ0v) is 10.7. The summed E-state index contributed by atoms with van der Waals surface area (Å²) in [6.45, 7) is 5.37. The van der Waals surface area contributed by atoms with Crippen LogP contribution in [0.1, 0.15) is 27.7 Å². The van der Waals surface area contributed by atoms with Crippen LogP contribution in [0, 0.1) is 0 Å². The van der Waals surface area contributed by atoms with Crippen LogP contribution in [0.15, 0.2) is 0 Å². The third kappa shape index (κ3) is 4.99. The summed E-state index contributed by atoms with van der Waals surface area (Å²) in [7, 11) is 0. The Hall–Kier alpha value is -1.41. The highest BCUT2D eigenvalue weighted by atomic mass is 19.4. The standard InChI is InChI=1S/C10H14F5NO3/c1-5(6(17)19-8(2,3)4)16-7(18)9(11,12)10(13,14)15/h5H,1-4H3,(H,16,18)/t5-/m0/s1. The molecular weight excluding hydrogens is 277 g/mol. The van der Waals surface area contributed by atoms with E-state index in [0.29, 0.717) is 0 Å². The molecular formula is C10H14F5NO3. The molecule has 0 aromatic rings. The van der Waals surface area contributed by atoms with E-state index in [1.807, 2.05) is 0 Å². The van der Waals surface area contributed by atoms with Gasteiger partial charge < -0.3 is 10.1 Å². The number of rotatable bonds is 3. The molecule has 0 saturated carbocycles. The van der Waals surface area contributed by atoms with Crippen LogP contribution >= 0.6 is 0 Å². The van der Waals surface area contributed by atoms with E-state index in [2.05, 4.69) is 0 Å². The van der Waals surface area contributed by atoms with Crippen molar-refractivity contribution >= 4 is 11.9 Å². The molecule has 0 radical (unpaired) electrons. The lowest BCUT2D eigenvalue weighted by Crippen LogP contribution is -2.54. The second-order valence-electron chi connectivity index (χ2n) is 4.80. The van der Waals surface area contributed by atoms with Gasteiger partial charge in [-0.25, -0.2) is 4.79 Å². The number of esters is 1. The highest BCUT2D eigenvalue weighted by Gasteiger charge is 2.63. The van der Waals surface area contributed by atoms with Gasteiger partial charge in [0.2, 0.25) is 0 Å². The van der Waals surface area contributed by atoms with Crippen LogP contribution in [-0.4, -0.2) is 35.6 Å². The first kappa shape index (κ1) is 17.6. The quantitative estimate of drug-likeness (QED) is 0.639. The summed E-state index contributed by atoms with van der Waals surface area (Å²) in [6, 6.07) is -1.63. The van der Waals surface area contributed by atoms with Crippen LogP contribution in [-0.2, 0) is 14.3 Å². The highest BCUT2D eigenvalue weighted by Crippen LogP contribution is 2.35. The number of halogens is 5. The molecule has 1 atom stereocenters. The van der Waals surface area contributed by atoms with Gasteiger partial charge in [-0.15, -0.1) is 0 Å². The molecule has 0 aliphatic heterocycles. The Labute approximate surface area is 106 Å². The minimum absolute atomic E-state index is 0.943. The third-order valence-electron chi connectivity index (χ3n) is 1.75. The number of ether oxygens (including phenoxy) is 1. The molecule has 0 fully saturated rings. The Morgan fingerprint density at radius 3 is 1.79 bits per heavy atom. The Balaban J connectivity index is 4.71. The average molecular weight is 291 g/mol. The van der Waals surface area contributed by atoms with Crippen molar-refractivity contribution in [1.82, 2.24) is 5.32 Å². The molecule has 0 aliphatic rings. The number of hydrogen-bond acceptors (Lipinski definition) is 3. The maximum Gasteiger partial charge on any atom is 0.463 e. The predicted molar refractivity (Wildman–Crippen MR) is 54.5 cm³/mol. The van der Waals surface area contributed by atoms with Crippen molar-refractivity contribution in [3.63, 3.8) is 0 Å². The Bertz CT molecular complexity index is 359. The second-order valence-corrected chi connectivity index (χ2v) is 4.80. The van der Waals surface area contributed by atoms with Crippen molar-refractivity contribution in [3.8, 4) is 0 Å². The molecule has 0 saturated heterocycles. The molecule has 112 valence electrons. The van der Waals surface area contributed by atoms with E-state index in [-0.39, 0.29) is 0 Å². The van der Waals surface area contributed by atoms with Gasteiger partial charge >= 0.3 is 24.0 Å². The van der Waals surface area contributed by atoms with E-state index < -0.39 is 35.6 Å². The monoisotopic (exact) mass is 291 g/mol. The van der Waals surface area contributed by atoms with E-state index in [9.17, 15) is 31.5 Å². The van der Waals surface area contributed by atoms with Crippen molar-refractivity contribution in [1.29, 1.82) is 0 Å². The summed E-state index contributed by atoms with van der Waals surface area (Å²) in [5.41, 5.74) is -0.956. The van der Waals surface area contributed by atoms with Crippen LogP contribution in [0.3, 0.4) is 0 Å². The van der Waals surface area contributed by atoms with Gasteiger partial charge in [-0.1, -0.05) is 0 Å². The topological polar surface area (TPSA) is 55.4 Å². The second kappa shape index (κ2) is 5.30. The first-order valence-electron chi connectivity index (χ1n) is 5.17. The van der Waals surface area contributed by atoms with Crippen LogP contribution in [0.5, 0.6) is 0 Å². The molecule has 0 aromatic heterocycles. The van der Waals surface area contributed by atoms with Crippen LogP contribution < -0.4 is 5.32 Å². The van der Waals surface area contributed by atoms with Crippen LogP contribution in [0.25, 0.3) is 0 Å². The maximum atomic E-state index is 12.6. The summed E-state index contributed by atoms with van der Waals surface area (Å²) in [4.78, 5) is 22.1. The minimum atomic E-state index is -6.02. The number of alkyl halides is 5. The van der Waals surface area contributed by atoms with E-state index in [1.165, 1.54) is 26.1 Å². The fourth-order valence-electron chi connectivity index (χ4n) is 0.865. The van der Waals surface area contributed by atoms with E-state index in [1.54, 1.807) is 0 Å². The Kier molecular flexibility index (Phi) is 4.90. The lowest BCUT2D eigenvalue weighted by molar-refractivity contribution is -0.270. The number of amides is 1. The fraction of sp³-hybridized carbons (Fsp3) is 0.800. The molecule has 0 spiro atoms. The Morgan fingerprint density at radius 2 is 1.47 bits per heavy atom. The van der Waals surface area contributed by atoms with Crippen molar-refractivity contribution in [2.75, 3.05) is 0 Å². The zero-order valence-electron chi connectivity index (χ0n) is 10.7. The van der Waals surface area contributed by atoms with Crippen LogP contribution in [0.2, 0.25) is 0 Å². The average Bonchev–Trinajstić information content (AvgIpc) is 2.12. The van der Waals surface area contributed by atoms with Gasteiger partial charge in [-0.05, 0) is 27.7 Å². The summed E-state index contributed by atoms with van der Waals surface area (Å²) in [5, 5.41) is 1.27. The predicted octanol–water partition coefficient (Wildman–Crippen LogP) is 2.03. The van der Waals surface area contributed by atoms with Gasteiger partial charge in [0, 0.05) is 0 Å². The first-order valence-corrected chi connectivity index (χ1v) is 5.17. The molecule has 0 aromatic carbocycles. The molecule has 0 aliphatic carbocycles. The lowest BCUT2D eigenvalue weighted by atomic mass is 10.2. The van der Waals surface area contributed by atoms with Crippen molar-refractivity contribution in [2.45, 2.75) is 51.4 Å². The normalized spacial score (nSPS) is 14.8. The summed E-state index contributed by atoms with van der Waals surface area (Å²) in [6.07, 6.45) is -6.02. The minimum Gasteiger partial charge on any atom is -0.458 e. The smallest absolute Gasteiger partial charge is 0.458 e. The van der Waals surface area contributed by atoms with E-state index in [4.69, 9.17) is 4.74 Å². The van der Waals surface area contributed by atoms with Gasteiger partial charge in [0.15, 0.2) is 0 Å². The number of hydrogen-bond donors (Lipinski definition) is 1. The summed E-state index contributed by atoms with van der Waals surface area (Å²) < 4.78 is 65.6. The molecule has 4 nitrogen and oxygen atoms in total. The fourth-order valence-corrected chi connectivity index (χ4v) is 0.865. The third-order valence-corrected chi connectivity index (χ3v) is 1.75. The molecule has 1 N–H and O–H groups in total. The number of carbonyl (C=O) groups excluding carboxylic acids is 2. The molecule has 0 unspecified atom stereocenters. The number of nitrogens with one attached hydrogen (secondary N) is 1. The molecule has 9 heteroatoms. The van der Waals surface area contributed by atoms with Crippen molar-refractivity contribution in [2.24, 2.45) is 0 Å². The van der Waals surface area contributed by atoms with Gasteiger partial charge in [0.25, 0.3) is 0 Å². The molecule has 0 heterocycles. The summed E-state index contributed by atoms with van der Waals surface area (Å²) in [5.74, 6) is -9.28. The SMILES string of the molecule is C[C@H](NC(=O)C(F)(F)C(F)(F)F)C(=O)OC(C)(C)C. The van der Waals surface area contributed by atoms with Gasteiger partial charge in [-0.2, -0.15) is 22.0 Å². The van der Waals surface area contributed by atoms with Gasteiger partial charge in [0.1, 0.15) is 11.6 Å². The maximum absolute atomic E-state index is 12.6. The molecule has 1 amide bonds. The van der Waals surface area contributed by atoms with E-state index in [0.717, 1.165) is 6.92 Å². The number of carbonyl (C=O) groups is 2. The van der Waals surface area contributed by atoms with Crippen molar-refractivity contribution in [3.05, 3.63) is 0 Å². The van der Waals surface area contributed by atoms with Gasteiger partial charge in [0.05, 0.1) is 0 Å². The summed E-state index contributed by atoms with van der Waals surface area (Å²) >= 11 is 0. The molecule has 0 rings (SSSR count). The van der Waals surface area contributed by atoms with E-state index >= 15 is 0 Å². The van der Waals surface area contributed by atoms with Gasteiger partial charge in [-0.3, -0.25) is 4.79 Å². The molecule has 19 heavy (non-hydrogen) atoms. The Morgan fingerprint density at radius 1 is 1.05 bits per heavy atom. The largest absolute Gasteiger partial charge is 0.463 e. The molecule has 0 bridgehead atoms. The van der Waals surface area contributed by atoms with Crippen LogP contribution in [0.4, 0.5) is 22.0 Å². The first-order chi connectivity index (χ1) is 8.18. The lowest BCUT2D eigenvalue weighted by Gasteiger charge is -2.24.